The van der Waals surface area contributed by atoms with Gasteiger partial charge in [0.25, 0.3) is 17.4 Å². The van der Waals surface area contributed by atoms with Crippen LogP contribution in [0, 0.1) is 11.7 Å². The van der Waals surface area contributed by atoms with Gasteiger partial charge in [0, 0.05) is 94.5 Å². The van der Waals surface area contributed by atoms with Crippen molar-refractivity contribution in [2.75, 3.05) is 78.5 Å². The molecule has 0 radical (unpaired) electrons. The number of likely N-dealkylation sites (tertiary alicyclic amines) is 1. The molecule has 3 fully saturated rings. The molecule has 3 amide bonds. The molecule has 3 saturated heterocycles. The van der Waals surface area contributed by atoms with Crippen LogP contribution in [0.3, 0.4) is 0 Å². The molecule has 0 unspecified atom stereocenters. The number of carboxylic acids is 1. The van der Waals surface area contributed by atoms with Gasteiger partial charge in [-0.2, -0.15) is 5.10 Å². The number of H-pyrrole nitrogens is 1. The quantitative estimate of drug-likeness (QED) is 0.257. The molecule has 4 aromatic rings. The first-order chi connectivity index (χ1) is 26.5. The highest BCUT2D eigenvalue weighted by atomic mass is 79.9. The van der Waals surface area contributed by atoms with Gasteiger partial charge in [0.15, 0.2) is 0 Å². The number of fused-ring (bicyclic) bond motifs is 1. The number of carbonyl (C=O) groups is 4. The number of carbonyl (C=O) groups excluding carboxylic acids is 3. The maximum Gasteiger partial charge on any atom is 0.338 e. The zero-order valence-electron chi connectivity index (χ0n) is 30.3. The molecule has 0 aliphatic carbocycles. The van der Waals surface area contributed by atoms with Crippen molar-refractivity contribution in [3.63, 3.8) is 0 Å². The van der Waals surface area contributed by atoms with Crippen LogP contribution < -0.4 is 5.56 Å². The molecule has 5 heterocycles. The van der Waals surface area contributed by atoms with Crippen molar-refractivity contribution in [3.8, 4) is 0 Å². The minimum Gasteiger partial charge on any atom is -0.478 e. The molecule has 7 rings (SSSR count). The van der Waals surface area contributed by atoms with Crippen LogP contribution in [0.5, 0.6) is 0 Å². The Balaban J connectivity index is 0.841. The second kappa shape index (κ2) is 16.8. The van der Waals surface area contributed by atoms with Crippen molar-refractivity contribution >= 4 is 50.4 Å². The van der Waals surface area contributed by atoms with Crippen LogP contribution in [0.1, 0.15) is 55.3 Å². The van der Waals surface area contributed by atoms with Crippen LogP contribution in [0.25, 0.3) is 10.8 Å². The van der Waals surface area contributed by atoms with E-state index in [0.29, 0.717) is 84.7 Å². The molecule has 14 nitrogen and oxygen atoms in total. The first-order valence-corrected chi connectivity index (χ1v) is 19.3. The van der Waals surface area contributed by atoms with E-state index in [1.165, 1.54) is 18.3 Å². The normalized spacial score (nSPS) is 17.5. The molecule has 0 saturated carbocycles. The Bertz CT molecular complexity index is 2160. The maximum absolute atomic E-state index is 15.0. The number of benzene rings is 2. The number of aromatic nitrogens is 3. The highest BCUT2D eigenvalue weighted by Crippen LogP contribution is 2.24. The van der Waals surface area contributed by atoms with Crippen molar-refractivity contribution in [2.45, 2.75) is 19.3 Å². The van der Waals surface area contributed by atoms with Gasteiger partial charge in [0.2, 0.25) is 5.91 Å². The number of hydrogen-bond donors (Lipinski definition) is 2. The van der Waals surface area contributed by atoms with Gasteiger partial charge >= 0.3 is 5.97 Å². The summed E-state index contributed by atoms with van der Waals surface area (Å²) >= 11 is 3.22. The van der Waals surface area contributed by atoms with Crippen LogP contribution in [-0.2, 0) is 11.2 Å². The van der Waals surface area contributed by atoms with Crippen LogP contribution in [0.15, 0.2) is 64.0 Å². The lowest BCUT2D eigenvalue weighted by Gasteiger charge is -2.40. The fourth-order valence-electron chi connectivity index (χ4n) is 7.70. The van der Waals surface area contributed by atoms with Gasteiger partial charge < -0.3 is 24.7 Å². The number of amides is 3. The molecule has 16 heteroatoms. The van der Waals surface area contributed by atoms with Crippen molar-refractivity contribution in [1.82, 2.24) is 39.7 Å². The number of nitrogens with zero attached hydrogens (tertiary/aromatic N) is 7. The summed E-state index contributed by atoms with van der Waals surface area (Å²) in [7, 11) is 0. The molecule has 2 aromatic heterocycles. The summed E-state index contributed by atoms with van der Waals surface area (Å²) in [5.41, 5.74) is 0.833. The summed E-state index contributed by atoms with van der Waals surface area (Å²) in [6.45, 7) is 6.82. The van der Waals surface area contributed by atoms with E-state index < -0.39 is 17.7 Å². The number of piperazine rings is 2. The SMILES string of the molecule is O=C(O)c1cc(Br)cnc1C(=O)N1CCC(CN2CCN(CC(=O)N3CCN(C(=O)c4cc(Cc5n[nH]c(=O)c6ccccc56)ccc4F)CC3)CC2)CC1. The summed E-state index contributed by atoms with van der Waals surface area (Å²) in [4.78, 5) is 77.4. The molecule has 288 valence electrons. The Morgan fingerprint density at radius 1 is 0.800 bits per heavy atom. The second-order valence-electron chi connectivity index (χ2n) is 14.4. The van der Waals surface area contributed by atoms with E-state index in [-0.39, 0.29) is 34.2 Å². The summed E-state index contributed by atoms with van der Waals surface area (Å²) in [5, 5.41) is 17.5. The molecule has 3 aliphatic heterocycles. The van der Waals surface area contributed by atoms with Gasteiger partial charge in [-0.1, -0.05) is 24.3 Å². The Morgan fingerprint density at radius 2 is 1.45 bits per heavy atom. The molecule has 3 aliphatic rings. The van der Waals surface area contributed by atoms with E-state index in [2.05, 4.69) is 40.9 Å². The Kier molecular flexibility index (Phi) is 11.6. The number of rotatable bonds is 9. The van der Waals surface area contributed by atoms with Crippen LogP contribution >= 0.6 is 15.9 Å². The Morgan fingerprint density at radius 3 is 2.16 bits per heavy atom. The summed E-state index contributed by atoms with van der Waals surface area (Å²) in [6, 6.07) is 13.0. The zero-order chi connectivity index (χ0) is 38.6. The van der Waals surface area contributed by atoms with Gasteiger partial charge in [-0.25, -0.2) is 19.3 Å². The molecular formula is C39H42BrFN8O6. The average molecular weight is 818 g/mol. The molecule has 2 aromatic carbocycles. The number of aromatic amines is 1. The van der Waals surface area contributed by atoms with Gasteiger partial charge in [0.05, 0.1) is 28.8 Å². The van der Waals surface area contributed by atoms with Gasteiger partial charge in [-0.05, 0) is 64.5 Å². The number of hydrogen-bond acceptors (Lipinski definition) is 9. The minimum absolute atomic E-state index is 0.0118. The van der Waals surface area contributed by atoms with E-state index in [9.17, 15) is 33.5 Å². The standard InChI is InChI=1S/C39H42BrFN8O6/c40-27-21-31(39(54)55)35(42-22-27)38(53)48-9-7-25(8-10-48)23-45-11-13-46(14-12-45)24-34(50)47-15-17-49(18-16-47)37(52)30-19-26(5-6-32(30)41)20-33-28-3-1-2-4-29(28)36(51)44-43-33/h1-6,19,21-22,25H,7-18,20,23-24H2,(H,44,51)(H,54,55). The van der Waals surface area contributed by atoms with Gasteiger partial charge in [-0.3, -0.25) is 24.1 Å². The second-order valence-corrected chi connectivity index (χ2v) is 15.3. The third-order valence-corrected chi connectivity index (χ3v) is 11.3. The smallest absolute Gasteiger partial charge is 0.338 e. The van der Waals surface area contributed by atoms with E-state index >= 15 is 0 Å². The van der Waals surface area contributed by atoms with E-state index in [4.69, 9.17) is 0 Å². The average Bonchev–Trinajstić information content (AvgIpc) is 3.20. The number of piperidine rings is 1. The Labute approximate surface area is 325 Å². The first-order valence-electron chi connectivity index (χ1n) is 18.5. The van der Waals surface area contributed by atoms with E-state index in [1.807, 2.05) is 12.1 Å². The van der Waals surface area contributed by atoms with Crippen LogP contribution in [0.4, 0.5) is 4.39 Å². The number of nitrogens with one attached hydrogen (secondary N) is 1. The van der Waals surface area contributed by atoms with Crippen LogP contribution in [0.2, 0.25) is 0 Å². The molecule has 2 N–H and O–H groups in total. The molecule has 0 bridgehead atoms. The predicted octanol–water partition coefficient (Wildman–Crippen LogP) is 2.96. The van der Waals surface area contributed by atoms with Crippen LogP contribution in [-0.4, -0.2) is 147 Å². The fourth-order valence-corrected chi connectivity index (χ4v) is 8.03. The minimum atomic E-state index is -1.19. The van der Waals surface area contributed by atoms with Crippen molar-refractivity contribution in [2.24, 2.45) is 5.92 Å². The number of pyridine rings is 1. The van der Waals surface area contributed by atoms with Crippen molar-refractivity contribution in [3.05, 3.63) is 103 Å². The summed E-state index contributed by atoms with van der Waals surface area (Å²) < 4.78 is 15.5. The maximum atomic E-state index is 15.0. The highest BCUT2D eigenvalue weighted by Gasteiger charge is 2.31. The van der Waals surface area contributed by atoms with Crippen molar-refractivity contribution < 1.29 is 28.7 Å². The van der Waals surface area contributed by atoms with Crippen molar-refractivity contribution in [1.29, 1.82) is 0 Å². The predicted molar refractivity (Wildman–Crippen MR) is 204 cm³/mol. The number of halogens is 2. The Hall–Kier alpha value is -5.06. The first kappa shape index (κ1) is 38.2. The molecule has 55 heavy (non-hydrogen) atoms. The lowest BCUT2D eigenvalue weighted by Crippen LogP contribution is -2.55. The molecule has 0 spiro atoms. The lowest BCUT2D eigenvalue weighted by molar-refractivity contribution is -0.134. The lowest BCUT2D eigenvalue weighted by atomic mass is 9.95. The third kappa shape index (κ3) is 8.76. The van der Waals surface area contributed by atoms with Gasteiger partial charge in [0.1, 0.15) is 11.5 Å². The number of aromatic carboxylic acids is 1. The fraction of sp³-hybridized carbons (Fsp3) is 0.410. The summed E-state index contributed by atoms with van der Waals surface area (Å²) in [5.74, 6) is -2.16. The van der Waals surface area contributed by atoms with E-state index in [1.54, 1.807) is 39.0 Å². The molecular weight excluding hydrogens is 775 g/mol. The third-order valence-electron chi connectivity index (χ3n) is 10.9. The topological polar surface area (TPSA) is 163 Å². The zero-order valence-corrected chi connectivity index (χ0v) is 31.8. The van der Waals surface area contributed by atoms with E-state index in [0.717, 1.165) is 45.6 Å². The highest BCUT2D eigenvalue weighted by molar-refractivity contribution is 9.10. The monoisotopic (exact) mass is 816 g/mol. The van der Waals surface area contributed by atoms with Gasteiger partial charge in [-0.15, -0.1) is 0 Å². The summed E-state index contributed by atoms with van der Waals surface area (Å²) in [6.07, 6.45) is 3.39. The molecule has 0 atom stereocenters. The largest absolute Gasteiger partial charge is 0.478 e. The number of carboxylic acid groups (broad SMARTS) is 1.